The zero-order valence-electron chi connectivity index (χ0n) is 24.7. The Morgan fingerprint density at radius 1 is 1.10 bits per heavy atom. The van der Waals surface area contributed by atoms with E-state index in [4.69, 9.17) is 4.74 Å². The van der Waals surface area contributed by atoms with Gasteiger partial charge in [-0.3, -0.25) is 14.4 Å². The van der Waals surface area contributed by atoms with Crippen LogP contribution in [0, 0.1) is 5.92 Å². The highest BCUT2D eigenvalue weighted by molar-refractivity contribution is 6.71. The minimum absolute atomic E-state index is 0.0375. The van der Waals surface area contributed by atoms with Crippen LogP contribution in [0.15, 0.2) is 48.5 Å². The number of benzene rings is 2. The van der Waals surface area contributed by atoms with E-state index < -0.39 is 25.9 Å². The monoisotopic (exact) mass is 591 g/mol. The SMILES string of the molecule is C[C@@H]1[C@@H]([Si](C)(C)O)[C@H](CC(=O)N2CCC[C@H]2CO)O[C@@]12C(=O)N(Cc1ccccc1)c1ccc(N3CCCC3=O)cc12. The van der Waals surface area contributed by atoms with Crippen LogP contribution in [0.4, 0.5) is 11.4 Å². The summed E-state index contributed by atoms with van der Waals surface area (Å²) >= 11 is 0. The van der Waals surface area contributed by atoms with Crippen molar-refractivity contribution in [3.05, 3.63) is 59.7 Å². The first kappa shape index (κ1) is 29.0. The van der Waals surface area contributed by atoms with Gasteiger partial charge >= 0.3 is 0 Å². The zero-order chi connectivity index (χ0) is 29.8. The van der Waals surface area contributed by atoms with E-state index in [-0.39, 0.29) is 42.3 Å². The summed E-state index contributed by atoms with van der Waals surface area (Å²) in [5, 5.41) is 9.83. The fourth-order valence-electron chi connectivity index (χ4n) is 7.92. The molecule has 3 amide bonds. The second-order valence-electron chi connectivity index (χ2n) is 12.9. The molecule has 224 valence electrons. The molecule has 0 aliphatic carbocycles. The number of likely N-dealkylation sites (tertiary alicyclic amines) is 1. The van der Waals surface area contributed by atoms with Crippen LogP contribution in [-0.4, -0.2) is 72.7 Å². The Morgan fingerprint density at radius 2 is 1.86 bits per heavy atom. The molecule has 5 atom stereocenters. The maximum absolute atomic E-state index is 14.7. The average molecular weight is 592 g/mol. The van der Waals surface area contributed by atoms with Crippen molar-refractivity contribution in [2.75, 3.05) is 29.5 Å². The Balaban J connectivity index is 1.43. The molecule has 4 heterocycles. The molecule has 10 heteroatoms. The van der Waals surface area contributed by atoms with Gasteiger partial charge in [0.15, 0.2) is 13.9 Å². The highest BCUT2D eigenvalue weighted by Gasteiger charge is 2.66. The first-order valence-electron chi connectivity index (χ1n) is 15.2. The van der Waals surface area contributed by atoms with Crippen LogP contribution in [-0.2, 0) is 31.3 Å². The number of hydrogen-bond acceptors (Lipinski definition) is 6. The number of aliphatic hydroxyl groups excluding tert-OH is 1. The number of ether oxygens (including phenoxy) is 1. The third kappa shape index (κ3) is 4.69. The summed E-state index contributed by atoms with van der Waals surface area (Å²) in [7, 11) is -2.95. The van der Waals surface area contributed by atoms with E-state index in [1.807, 2.05) is 68.5 Å². The lowest BCUT2D eigenvalue weighted by Crippen LogP contribution is -2.46. The molecule has 3 saturated heterocycles. The number of carbonyl (C=O) groups is 3. The molecule has 2 aromatic carbocycles. The minimum Gasteiger partial charge on any atom is -0.432 e. The van der Waals surface area contributed by atoms with E-state index in [1.54, 1.807) is 14.7 Å². The summed E-state index contributed by atoms with van der Waals surface area (Å²) < 4.78 is 6.88. The normalized spacial score (nSPS) is 29.3. The number of aliphatic hydroxyl groups is 1. The molecule has 9 nitrogen and oxygen atoms in total. The van der Waals surface area contributed by atoms with Gasteiger partial charge in [-0.1, -0.05) is 37.3 Å². The summed E-state index contributed by atoms with van der Waals surface area (Å²) in [6, 6.07) is 15.3. The molecule has 4 aliphatic rings. The smallest absolute Gasteiger partial charge is 0.264 e. The van der Waals surface area contributed by atoms with Gasteiger partial charge < -0.3 is 29.3 Å². The first-order valence-corrected chi connectivity index (χ1v) is 18.2. The number of fused-ring (bicyclic) bond motifs is 2. The molecule has 4 aliphatic heterocycles. The number of hydrogen-bond donors (Lipinski definition) is 2. The molecule has 6 rings (SSSR count). The van der Waals surface area contributed by atoms with Gasteiger partial charge in [0.05, 0.1) is 37.4 Å². The topological polar surface area (TPSA) is 111 Å². The Hall–Kier alpha value is -3.05. The second-order valence-corrected chi connectivity index (χ2v) is 16.8. The largest absolute Gasteiger partial charge is 0.432 e. The van der Waals surface area contributed by atoms with E-state index in [2.05, 4.69) is 0 Å². The fourth-order valence-corrected chi connectivity index (χ4v) is 10.5. The lowest BCUT2D eigenvalue weighted by atomic mass is 9.82. The van der Waals surface area contributed by atoms with Gasteiger partial charge in [0.25, 0.3) is 5.91 Å². The van der Waals surface area contributed by atoms with Gasteiger partial charge in [0.1, 0.15) is 0 Å². The Morgan fingerprint density at radius 3 is 2.52 bits per heavy atom. The van der Waals surface area contributed by atoms with Crippen LogP contribution in [0.1, 0.15) is 50.2 Å². The summed E-state index contributed by atoms with van der Waals surface area (Å²) in [5.74, 6) is -0.673. The quantitative estimate of drug-likeness (QED) is 0.477. The number of rotatable bonds is 7. The molecule has 1 spiro atoms. The van der Waals surface area contributed by atoms with Crippen molar-refractivity contribution >= 4 is 37.4 Å². The Bertz CT molecular complexity index is 1380. The third-order valence-corrected chi connectivity index (χ3v) is 12.3. The van der Waals surface area contributed by atoms with Crippen LogP contribution < -0.4 is 9.80 Å². The van der Waals surface area contributed by atoms with Crippen molar-refractivity contribution in [2.24, 2.45) is 5.92 Å². The standard InChI is InChI=1S/C32H41N3O6Si/c1-21-30(42(2,3)40)27(18-29(38)34-15-7-11-24(34)20-36)41-32(21)25-17-23(33-16-8-12-28(33)37)13-14-26(25)35(31(32)39)19-22-9-5-4-6-10-22/h4-6,9-10,13-14,17,21,24,27,30,36,40H,7-8,11-12,15-16,18-20H2,1-3H3/t21-,24+,27+,30-,32+/m1/s1. The van der Waals surface area contributed by atoms with Crippen LogP contribution in [0.25, 0.3) is 0 Å². The van der Waals surface area contributed by atoms with Crippen LogP contribution >= 0.6 is 0 Å². The molecule has 0 radical (unpaired) electrons. The fraction of sp³-hybridized carbons (Fsp3) is 0.531. The van der Waals surface area contributed by atoms with Gasteiger partial charge in [-0.15, -0.1) is 0 Å². The maximum atomic E-state index is 14.7. The predicted molar refractivity (Wildman–Crippen MR) is 161 cm³/mol. The summed E-state index contributed by atoms with van der Waals surface area (Å²) in [5.41, 5.74) is 1.35. The van der Waals surface area contributed by atoms with Crippen molar-refractivity contribution in [3.63, 3.8) is 0 Å². The number of anilines is 2. The summed E-state index contributed by atoms with van der Waals surface area (Å²) in [6.45, 7) is 7.15. The van der Waals surface area contributed by atoms with E-state index in [0.717, 1.165) is 36.2 Å². The molecular weight excluding hydrogens is 550 g/mol. The van der Waals surface area contributed by atoms with E-state index in [9.17, 15) is 24.3 Å². The van der Waals surface area contributed by atoms with Gasteiger partial charge in [0, 0.05) is 42.2 Å². The van der Waals surface area contributed by atoms with E-state index >= 15 is 0 Å². The Labute approximate surface area is 248 Å². The van der Waals surface area contributed by atoms with Gasteiger partial charge in [-0.25, -0.2) is 0 Å². The van der Waals surface area contributed by atoms with Crippen molar-refractivity contribution in [2.45, 2.75) is 82.0 Å². The number of amides is 3. The van der Waals surface area contributed by atoms with Gasteiger partial charge in [-0.2, -0.15) is 0 Å². The minimum atomic E-state index is -2.95. The second kappa shape index (κ2) is 10.9. The molecule has 2 N–H and O–H groups in total. The lowest BCUT2D eigenvalue weighted by molar-refractivity contribution is -0.150. The lowest BCUT2D eigenvalue weighted by Gasteiger charge is -2.33. The van der Waals surface area contributed by atoms with Crippen molar-refractivity contribution < 1.29 is 29.0 Å². The molecular formula is C32H41N3O6Si. The maximum Gasteiger partial charge on any atom is 0.264 e. The Kier molecular flexibility index (Phi) is 7.53. The molecule has 2 aromatic rings. The van der Waals surface area contributed by atoms with Crippen LogP contribution in [0.5, 0.6) is 0 Å². The zero-order valence-corrected chi connectivity index (χ0v) is 25.7. The molecule has 0 saturated carbocycles. The van der Waals surface area contributed by atoms with Gasteiger partial charge in [-0.05, 0) is 56.1 Å². The summed E-state index contributed by atoms with van der Waals surface area (Å²) in [4.78, 5) is 57.8. The molecule has 42 heavy (non-hydrogen) atoms. The van der Waals surface area contributed by atoms with E-state index in [0.29, 0.717) is 31.6 Å². The van der Waals surface area contributed by atoms with Crippen LogP contribution in [0.3, 0.4) is 0 Å². The van der Waals surface area contributed by atoms with Gasteiger partial charge in [0.2, 0.25) is 11.8 Å². The highest BCUT2D eigenvalue weighted by Crippen LogP contribution is 2.60. The predicted octanol–water partition coefficient (Wildman–Crippen LogP) is 3.53. The molecule has 3 fully saturated rings. The van der Waals surface area contributed by atoms with E-state index in [1.165, 1.54) is 0 Å². The summed E-state index contributed by atoms with van der Waals surface area (Å²) in [6.07, 6.45) is 2.26. The molecule has 0 aromatic heterocycles. The highest BCUT2D eigenvalue weighted by atomic mass is 28.4. The third-order valence-electron chi connectivity index (χ3n) is 9.82. The number of carbonyl (C=O) groups excluding carboxylic acids is 3. The van der Waals surface area contributed by atoms with Crippen molar-refractivity contribution in [3.8, 4) is 0 Å². The van der Waals surface area contributed by atoms with Crippen molar-refractivity contribution in [1.29, 1.82) is 0 Å². The first-order chi connectivity index (χ1) is 20.1. The number of nitrogens with zero attached hydrogens (tertiary/aromatic N) is 3. The molecule has 0 bridgehead atoms. The average Bonchev–Trinajstić information content (AvgIpc) is 3.72. The van der Waals surface area contributed by atoms with Crippen molar-refractivity contribution in [1.82, 2.24) is 4.90 Å². The molecule has 0 unspecified atom stereocenters. The van der Waals surface area contributed by atoms with Crippen LogP contribution in [0.2, 0.25) is 18.6 Å².